The van der Waals surface area contributed by atoms with Gasteiger partial charge in [-0.25, -0.2) is 12.8 Å². The fourth-order valence-corrected chi connectivity index (χ4v) is 4.55. The quantitative estimate of drug-likeness (QED) is 0.509. The third kappa shape index (κ3) is 5.35. The van der Waals surface area contributed by atoms with Gasteiger partial charge in [-0.3, -0.25) is 9.10 Å². The third-order valence-corrected chi connectivity index (χ3v) is 6.48. The molecule has 0 atom stereocenters. The fourth-order valence-electron chi connectivity index (χ4n) is 3.11. The molecule has 3 aromatic rings. The maximum Gasteiger partial charge on any atom is 0.264 e. The van der Waals surface area contributed by atoms with Gasteiger partial charge < -0.3 is 19.5 Å². The lowest BCUT2D eigenvalue weighted by atomic mass is 10.2. The van der Waals surface area contributed by atoms with Crippen LogP contribution < -0.4 is 23.8 Å². The van der Waals surface area contributed by atoms with E-state index in [1.54, 1.807) is 36.4 Å². The molecule has 10 heteroatoms. The van der Waals surface area contributed by atoms with E-state index in [1.807, 2.05) is 0 Å². The van der Waals surface area contributed by atoms with E-state index < -0.39 is 28.3 Å². The Morgan fingerprint density at radius 3 is 2.15 bits per heavy atom. The molecular weight excluding hydrogens is 451 g/mol. The largest absolute Gasteiger partial charge is 0.495 e. The minimum Gasteiger partial charge on any atom is -0.495 e. The summed E-state index contributed by atoms with van der Waals surface area (Å²) >= 11 is 0. The highest BCUT2D eigenvalue weighted by Gasteiger charge is 2.29. The van der Waals surface area contributed by atoms with Gasteiger partial charge >= 0.3 is 0 Å². The molecule has 0 fully saturated rings. The van der Waals surface area contributed by atoms with E-state index in [1.165, 1.54) is 27.4 Å². The number of nitrogens with one attached hydrogen (secondary N) is 1. The molecule has 0 aromatic heterocycles. The molecule has 0 saturated heterocycles. The number of hydrogen-bond acceptors (Lipinski definition) is 6. The number of benzene rings is 3. The lowest BCUT2D eigenvalue weighted by molar-refractivity contribution is -0.114. The average Bonchev–Trinajstić information content (AvgIpc) is 2.82. The maximum absolute atomic E-state index is 13.4. The first kappa shape index (κ1) is 23.9. The normalized spacial score (nSPS) is 10.9. The topological polar surface area (TPSA) is 94.2 Å². The van der Waals surface area contributed by atoms with Crippen molar-refractivity contribution in [2.45, 2.75) is 4.90 Å². The fraction of sp³-hybridized carbons (Fsp3) is 0.174. The minimum absolute atomic E-state index is 0.159. The van der Waals surface area contributed by atoms with Crippen LogP contribution in [0.3, 0.4) is 0 Å². The van der Waals surface area contributed by atoms with Gasteiger partial charge in [0.05, 0.1) is 31.9 Å². The molecule has 0 aliphatic heterocycles. The molecule has 33 heavy (non-hydrogen) atoms. The number of amides is 1. The van der Waals surface area contributed by atoms with Crippen LogP contribution in [0.15, 0.2) is 71.6 Å². The molecule has 174 valence electrons. The summed E-state index contributed by atoms with van der Waals surface area (Å²) in [5, 5.41) is 2.66. The first-order valence-electron chi connectivity index (χ1n) is 9.73. The Labute approximate surface area is 191 Å². The molecule has 3 rings (SSSR count). The van der Waals surface area contributed by atoms with E-state index in [0.717, 1.165) is 28.6 Å². The number of sulfonamides is 1. The van der Waals surface area contributed by atoms with Crippen molar-refractivity contribution >= 4 is 27.3 Å². The molecule has 0 aliphatic rings. The number of rotatable bonds is 9. The highest BCUT2D eigenvalue weighted by atomic mass is 32.2. The van der Waals surface area contributed by atoms with Crippen LogP contribution in [0.2, 0.25) is 0 Å². The van der Waals surface area contributed by atoms with Gasteiger partial charge in [0.2, 0.25) is 5.91 Å². The van der Waals surface area contributed by atoms with E-state index in [4.69, 9.17) is 14.2 Å². The molecule has 1 N–H and O–H groups in total. The zero-order valence-electron chi connectivity index (χ0n) is 18.2. The minimum atomic E-state index is -4.23. The van der Waals surface area contributed by atoms with E-state index >= 15 is 0 Å². The number of carbonyl (C=O) groups excluding carboxylic acids is 1. The number of nitrogens with zero attached hydrogens (tertiary/aromatic N) is 1. The van der Waals surface area contributed by atoms with Crippen molar-refractivity contribution in [3.8, 4) is 17.2 Å². The van der Waals surface area contributed by atoms with Crippen LogP contribution in [0.5, 0.6) is 17.2 Å². The second-order valence-corrected chi connectivity index (χ2v) is 8.62. The van der Waals surface area contributed by atoms with Crippen LogP contribution in [0.25, 0.3) is 0 Å². The number of hydrogen-bond donors (Lipinski definition) is 1. The summed E-state index contributed by atoms with van der Waals surface area (Å²) in [5.41, 5.74) is 0.545. The van der Waals surface area contributed by atoms with Crippen molar-refractivity contribution in [3.63, 3.8) is 0 Å². The predicted molar refractivity (Wildman–Crippen MR) is 122 cm³/mol. The van der Waals surface area contributed by atoms with Crippen LogP contribution in [-0.2, 0) is 14.8 Å². The molecule has 0 aliphatic carbocycles. The molecule has 0 saturated carbocycles. The number of carbonyl (C=O) groups is 1. The molecule has 0 heterocycles. The van der Waals surface area contributed by atoms with E-state index in [9.17, 15) is 17.6 Å². The Balaban J connectivity index is 1.96. The van der Waals surface area contributed by atoms with Gasteiger partial charge in [0, 0.05) is 11.8 Å². The van der Waals surface area contributed by atoms with Gasteiger partial charge in [0.25, 0.3) is 10.0 Å². The lowest BCUT2D eigenvalue weighted by Gasteiger charge is -2.25. The summed E-state index contributed by atoms with van der Waals surface area (Å²) in [7, 11) is 0.109. The summed E-state index contributed by atoms with van der Waals surface area (Å²) in [4.78, 5) is 12.7. The van der Waals surface area contributed by atoms with E-state index in [0.29, 0.717) is 17.2 Å². The Bertz CT molecular complexity index is 1230. The van der Waals surface area contributed by atoms with E-state index in [2.05, 4.69) is 5.32 Å². The molecule has 8 nitrogen and oxygen atoms in total. The van der Waals surface area contributed by atoms with Crippen molar-refractivity contribution in [3.05, 3.63) is 72.5 Å². The second kappa shape index (κ2) is 10.2. The van der Waals surface area contributed by atoms with Crippen molar-refractivity contribution in [2.24, 2.45) is 0 Å². The Hall–Kier alpha value is -3.79. The van der Waals surface area contributed by atoms with Crippen LogP contribution >= 0.6 is 0 Å². The van der Waals surface area contributed by atoms with Gasteiger partial charge in [0.1, 0.15) is 18.1 Å². The monoisotopic (exact) mass is 474 g/mol. The van der Waals surface area contributed by atoms with Gasteiger partial charge in [-0.15, -0.1) is 0 Å². The summed E-state index contributed by atoms with van der Waals surface area (Å²) in [5.74, 6) is -0.0641. The average molecular weight is 475 g/mol. The Morgan fingerprint density at radius 1 is 0.879 bits per heavy atom. The van der Waals surface area contributed by atoms with Gasteiger partial charge in [-0.1, -0.05) is 12.1 Å². The smallest absolute Gasteiger partial charge is 0.264 e. The first-order chi connectivity index (χ1) is 15.8. The molecular formula is C23H23FN2O6S. The maximum atomic E-state index is 13.4. The molecule has 0 bridgehead atoms. The summed E-state index contributed by atoms with van der Waals surface area (Å²) in [6, 6.07) is 15.5. The zero-order chi connectivity index (χ0) is 24.0. The SMILES string of the molecule is COc1ccc(NC(=O)CN(c2ccccc2OC)S(=O)(=O)c2ccc(F)cc2)cc1OC. The van der Waals surface area contributed by atoms with Gasteiger partial charge in [0.15, 0.2) is 11.5 Å². The molecule has 0 spiro atoms. The number of methoxy groups -OCH3 is 3. The number of anilines is 2. The molecule has 1 amide bonds. The van der Waals surface area contributed by atoms with E-state index in [-0.39, 0.29) is 16.3 Å². The highest BCUT2D eigenvalue weighted by molar-refractivity contribution is 7.92. The molecule has 3 aromatic carbocycles. The number of halogens is 1. The lowest BCUT2D eigenvalue weighted by Crippen LogP contribution is -2.38. The van der Waals surface area contributed by atoms with Crippen LogP contribution in [-0.4, -0.2) is 42.2 Å². The van der Waals surface area contributed by atoms with Crippen molar-refractivity contribution < 1.29 is 31.8 Å². The molecule has 0 unspecified atom stereocenters. The Morgan fingerprint density at radius 2 is 1.52 bits per heavy atom. The van der Waals surface area contributed by atoms with Crippen LogP contribution in [0, 0.1) is 5.82 Å². The summed E-state index contributed by atoms with van der Waals surface area (Å²) in [6.45, 7) is -0.561. The first-order valence-corrected chi connectivity index (χ1v) is 11.2. The summed E-state index contributed by atoms with van der Waals surface area (Å²) in [6.07, 6.45) is 0. The Kier molecular flexibility index (Phi) is 7.39. The third-order valence-electron chi connectivity index (χ3n) is 4.71. The second-order valence-electron chi connectivity index (χ2n) is 6.76. The van der Waals surface area contributed by atoms with Crippen LogP contribution in [0.1, 0.15) is 0 Å². The number of ether oxygens (including phenoxy) is 3. The van der Waals surface area contributed by atoms with Crippen LogP contribution in [0.4, 0.5) is 15.8 Å². The standard InChI is InChI=1S/C23H23FN2O6S/c1-30-20-7-5-4-6-19(20)26(33(28,29)18-11-8-16(24)9-12-18)15-23(27)25-17-10-13-21(31-2)22(14-17)32-3/h4-14H,15H2,1-3H3,(H,25,27). The van der Waals surface area contributed by atoms with Crippen molar-refractivity contribution in [2.75, 3.05) is 37.5 Å². The number of para-hydroxylation sites is 2. The van der Waals surface area contributed by atoms with Gasteiger partial charge in [-0.05, 0) is 48.5 Å². The predicted octanol–water partition coefficient (Wildman–Crippen LogP) is 3.69. The van der Waals surface area contributed by atoms with Crippen molar-refractivity contribution in [1.29, 1.82) is 0 Å². The molecule has 0 radical (unpaired) electrons. The zero-order valence-corrected chi connectivity index (χ0v) is 19.1. The van der Waals surface area contributed by atoms with Gasteiger partial charge in [-0.2, -0.15) is 0 Å². The summed E-state index contributed by atoms with van der Waals surface area (Å²) < 4.78 is 56.8. The van der Waals surface area contributed by atoms with Crippen molar-refractivity contribution in [1.82, 2.24) is 0 Å². The highest BCUT2D eigenvalue weighted by Crippen LogP contribution is 2.33.